The molecule has 0 rings (SSSR count). The molecule has 0 spiro atoms. The highest BCUT2D eigenvalue weighted by molar-refractivity contribution is 7.92. The SMILES string of the molecule is CC(C)(C)/C(=N/O)[C@@H](CO)S(C)(=O)=O. The highest BCUT2D eigenvalue weighted by Crippen LogP contribution is 2.21. The maximum atomic E-state index is 11.3. The third-order valence-corrected chi connectivity index (χ3v) is 3.27. The number of aliphatic hydroxyl groups excluding tert-OH is 1. The molecular weight excluding hydrogens is 206 g/mol. The molecule has 0 aromatic carbocycles. The molecule has 6 heteroatoms. The van der Waals surface area contributed by atoms with Gasteiger partial charge in [0.05, 0.1) is 12.3 Å². The predicted molar refractivity (Wildman–Crippen MR) is 54.4 cm³/mol. The Bertz CT molecular complexity index is 313. The normalized spacial score (nSPS) is 16.8. The van der Waals surface area contributed by atoms with Crippen LogP contribution < -0.4 is 0 Å². The van der Waals surface area contributed by atoms with Crippen LogP contribution in [-0.4, -0.2) is 42.6 Å². The second-order valence-electron chi connectivity index (χ2n) is 4.24. The number of rotatable bonds is 3. The molecule has 14 heavy (non-hydrogen) atoms. The Morgan fingerprint density at radius 2 is 1.86 bits per heavy atom. The zero-order valence-corrected chi connectivity index (χ0v) is 9.67. The van der Waals surface area contributed by atoms with Gasteiger partial charge in [-0.3, -0.25) is 0 Å². The fourth-order valence-corrected chi connectivity index (χ4v) is 2.20. The van der Waals surface area contributed by atoms with Crippen LogP contribution in [0.1, 0.15) is 20.8 Å². The summed E-state index contributed by atoms with van der Waals surface area (Å²) >= 11 is 0. The van der Waals surface area contributed by atoms with Crippen molar-refractivity contribution < 1.29 is 18.7 Å². The summed E-state index contributed by atoms with van der Waals surface area (Å²) < 4.78 is 22.5. The standard InChI is InChI=1S/C8H17NO4S/c1-8(2,3)7(9-11)6(5-10)14(4,12)13/h6,10-11H,5H2,1-4H3/b9-7+/t6-/m1/s1. The summed E-state index contributed by atoms with van der Waals surface area (Å²) in [6.07, 6.45) is 1.00. The summed E-state index contributed by atoms with van der Waals surface area (Å²) in [5.41, 5.74) is -0.520. The van der Waals surface area contributed by atoms with Crippen LogP contribution in [0.4, 0.5) is 0 Å². The van der Waals surface area contributed by atoms with Crippen molar-refractivity contribution in [2.24, 2.45) is 10.6 Å². The number of sulfone groups is 1. The third-order valence-electron chi connectivity index (χ3n) is 1.86. The first-order valence-corrected chi connectivity index (χ1v) is 6.12. The number of hydrogen-bond acceptors (Lipinski definition) is 5. The first-order valence-electron chi connectivity index (χ1n) is 4.16. The summed E-state index contributed by atoms with van der Waals surface area (Å²) in [4.78, 5) is 0. The highest BCUT2D eigenvalue weighted by atomic mass is 32.2. The van der Waals surface area contributed by atoms with Gasteiger partial charge in [0.2, 0.25) is 0 Å². The van der Waals surface area contributed by atoms with Gasteiger partial charge in [0.1, 0.15) is 5.25 Å². The Morgan fingerprint density at radius 3 is 1.93 bits per heavy atom. The largest absolute Gasteiger partial charge is 0.411 e. The summed E-state index contributed by atoms with van der Waals surface area (Å²) in [5, 5.41) is 19.5. The van der Waals surface area contributed by atoms with Crippen molar-refractivity contribution in [1.82, 2.24) is 0 Å². The lowest BCUT2D eigenvalue weighted by Gasteiger charge is -2.25. The molecule has 0 aromatic heterocycles. The van der Waals surface area contributed by atoms with Crippen molar-refractivity contribution in [2.45, 2.75) is 26.0 Å². The van der Waals surface area contributed by atoms with E-state index in [9.17, 15) is 8.42 Å². The van der Waals surface area contributed by atoms with Gasteiger partial charge < -0.3 is 10.3 Å². The zero-order chi connectivity index (χ0) is 11.6. The summed E-state index contributed by atoms with van der Waals surface area (Å²) in [6, 6.07) is 0. The Labute approximate surface area is 84.4 Å². The van der Waals surface area contributed by atoms with Crippen molar-refractivity contribution in [2.75, 3.05) is 12.9 Å². The van der Waals surface area contributed by atoms with Gasteiger partial charge in [-0.1, -0.05) is 25.9 Å². The van der Waals surface area contributed by atoms with Crippen LogP contribution >= 0.6 is 0 Å². The van der Waals surface area contributed by atoms with E-state index in [1.165, 1.54) is 0 Å². The topological polar surface area (TPSA) is 87.0 Å². The number of nitrogens with zero attached hydrogens (tertiary/aromatic N) is 1. The first kappa shape index (κ1) is 13.4. The minimum Gasteiger partial charge on any atom is -0.411 e. The Hall–Kier alpha value is -0.620. The van der Waals surface area contributed by atoms with Gasteiger partial charge in [-0.25, -0.2) is 8.42 Å². The molecule has 0 fully saturated rings. The Balaban J connectivity index is 5.25. The van der Waals surface area contributed by atoms with E-state index in [1.807, 2.05) is 0 Å². The van der Waals surface area contributed by atoms with Gasteiger partial charge in [-0.05, 0) is 0 Å². The second-order valence-corrected chi connectivity index (χ2v) is 6.46. The van der Waals surface area contributed by atoms with E-state index in [0.717, 1.165) is 6.26 Å². The Morgan fingerprint density at radius 1 is 1.43 bits per heavy atom. The van der Waals surface area contributed by atoms with Crippen LogP contribution in [0.15, 0.2) is 5.16 Å². The molecule has 2 N–H and O–H groups in total. The highest BCUT2D eigenvalue weighted by Gasteiger charge is 2.34. The van der Waals surface area contributed by atoms with Gasteiger partial charge in [0, 0.05) is 11.7 Å². The lowest BCUT2D eigenvalue weighted by molar-refractivity contribution is 0.286. The molecule has 1 atom stereocenters. The fourth-order valence-electron chi connectivity index (χ4n) is 1.12. The van der Waals surface area contributed by atoms with E-state index >= 15 is 0 Å². The van der Waals surface area contributed by atoms with Crippen molar-refractivity contribution in [3.8, 4) is 0 Å². The molecule has 0 bridgehead atoms. The first-order chi connectivity index (χ1) is 6.14. The monoisotopic (exact) mass is 223 g/mol. The summed E-state index contributed by atoms with van der Waals surface area (Å²) in [7, 11) is -3.45. The molecule has 0 aliphatic rings. The summed E-state index contributed by atoms with van der Waals surface area (Å²) in [6.45, 7) is 4.58. The van der Waals surface area contributed by atoms with E-state index in [1.54, 1.807) is 20.8 Å². The summed E-state index contributed by atoms with van der Waals surface area (Å²) in [5.74, 6) is 0. The average molecular weight is 223 g/mol. The van der Waals surface area contributed by atoms with E-state index in [2.05, 4.69) is 5.16 Å². The molecule has 5 nitrogen and oxygen atoms in total. The molecule has 0 amide bonds. The molecule has 0 aliphatic carbocycles. The van der Waals surface area contributed by atoms with Crippen molar-refractivity contribution in [3.63, 3.8) is 0 Å². The molecule has 0 saturated heterocycles. The molecular formula is C8H17NO4S. The van der Waals surface area contributed by atoms with Crippen molar-refractivity contribution in [3.05, 3.63) is 0 Å². The minimum atomic E-state index is -3.45. The predicted octanol–water partition coefficient (Wildman–Crippen LogP) is 0.268. The van der Waals surface area contributed by atoms with Crippen LogP contribution in [0.2, 0.25) is 0 Å². The van der Waals surface area contributed by atoms with Crippen molar-refractivity contribution in [1.29, 1.82) is 0 Å². The van der Waals surface area contributed by atoms with Crippen LogP contribution in [-0.2, 0) is 9.84 Å². The van der Waals surface area contributed by atoms with Gasteiger partial charge in [-0.2, -0.15) is 0 Å². The molecule has 84 valence electrons. The second kappa shape index (κ2) is 4.27. The molecule has 0 aromatic rings. The van der Waals surface area contributed by atoms with Gasteiger partial charge in [-0.15, -0.1) is 0 Å². The maximum absolute atomic E-state index is 11.3. The zero-order valence-electron chi connectivity index (χ0n) is 8.85. The van der Waals surface area contributed by atoms with Crippen LogP contribution in [0.5, 0.6) is 0 Å². The van der Waals surface area contributed by atoms with E-state index in [-0.39, 0.29) is 5.71 Å². The van der Waals surface area contributed by atoms with E-state index < -0.39 is 27.1 Å². The third kappa shape index (κ3) is 3.26. The molecule has 0 unspecified atom stereocenters. The number of hydrogen-bond donors (Lipinski definition) is 2. The molecule has 0 aliphatic heterocycles. The number of aliphatic hydroxyl groups is 1. The molecule has 0 heterocycles. The van der Waals surface area contributed by atoms with Crippen LogP contribution in [0.25, 0.3) is 0 Å². The van der Waals surface area contributed by atoms with Gasteiger partial charge >= 0.3 is 0 Å². The fraction of sp³-hybridized carbons (Fsp3) is 0.875. The Kier molecular flexibility index (Phi) is 4.08. The van der Waals surface area contributed by atoms with Crippen molar-refractivity contribution >= 4 is 15.5 Å². The average Bonchev–Trinajstić information content (AvgIpc) is 1.94. The molecule has 0 saturated carbocycles. The number of oxime groups is 1. The molecule has 0 radical (unpaired) electrons. The van der Waals surface area contributed by atoms with Crippen LogP contribution in [0.3, 0.4) is 0 Å². The lowest BCUT2D eigenvalue weighted by atomic mass is 9.88. The van der Waals surface area contributed by atoms with Crippen LogP contribution in [0, 0.1) is 5.41 Å². The quantitative estimate of drug-likeness (QED) is 0.408. The maximum Gasteiger partial charge on any atom is 0.158 e. The lowest BCUT2D eigenvalue weighted by Crippen LogP contribution is -2.40. The van der Waals surface area contributed by atoms with Gasteiger partial charge in [0.25, 0.3) is 0 Å². The van der Waals surface area contributed by atoms with E-state index in [4.69, 9.17) is 10.3 Å². The smallest absolute Gasteiger partial charge is 0.158 e. The minimum absolute atomic E-state index is 0.0718. The van der Waals surface area contributed by atoms with E-state index in [0.29, 0.717) is 0 Å². The van der Waals surface area contributed by atoms with Gasteiger partial charge in [0.15, 0.2) is 9.84 Å².